The van der Waals surface area contributed by atoms with Crippen molar-refractivity contribution in [2.24, 2.45) is 0 Å². The van der Waals surface area contributed by atoms with E-state index in [2.05, 4.69) is 10.3 Å². The van der Waals surface area contributed by atoms with Crippen LogP contribution >= 0.6 is 22.9 Å². The molecule has 2 heterocycles. The summed E-state index contributed by atoms with van der Waals surface area (Å²) in [5.41, 5.74) is 2.76. The third-order valence-corrected chi connectivity index (χ3v) is 6.64. The maximum Gasteiger partial charge on any atom is 0.254 e. The Bertz CT molecular complexity index is 1060. The molecule has 9 heteroatoms. The van der Waals surface area contributed by atoms with Crippen LogP contribution in [0.5, 0.6) is 0 Å². The second kappa shape index (κ2) is 8.39. The summed E-state index contributed by atoms with van der Waals surface area (Å²) < 4.78 is 0.691. The number of aliphatic hydroxyl groups excluding tert-OH is 2. The van der Waals surface area contributed by atoms with E-state index in [4.69, 9.17) is 16.7 Å². The highest BCUT2D eigenvalue weighted by molar-refractivity contribution is 7.22. The number of hydrogen-bond donors (Lipinski definition) is 4. The molecule has 30 heavy (non-hydrogen) atoms. The monoisotopic (exact) mass is 447 g/mol. The lowest BCUT2D eigenvalue weighted by Gasteiger charge is -2.32. The number of fused-ring (bicyclic) bond motifs is 2. The molecule has 1 aliphatic carbocycles. The van der Waals surface area contributed by atoms with Gasteiger partial charge in [-0.05, 0) is 29.7 Å². The molecule has 2 amide bonds. The topological polar surface area (TPSA) is 106 Å². The first kappa shape index (κ1) is 20.9. The van der Waals surface area contributed by atoms with Gasteiger partial charge in [0.2, 0.25) is 5.91 Å². The number of nitrogens with zero attached hydrogens (tertiary/aromatic N) is 1. The Balaban J connectivity index is 1.51. The van der Waals surface area contributed by atoms with Gasteiger partial charge < -0.3 is 25.4 Å². The summed E-state index contributed by atoms with van der Waals surface area (Å²) in [4.78, 5) is 30.8. The van der Waals surface area contributed by atoms with E-state index in [-0.39, 0.29) is 18.4 Å². The van der Waals surface area contributed by atoms with E-state index in [1.54, 1.807) is 7.05 Å². The third-order valence-electron chi connectivity index (χ3n) is 5.45. The SMILES string of the molecule is CN(C(=O)C(O)CO)[C@@H]1c2ccccc2C[C@H]1NC(=O)Cc1cc2cc(Cl)sc2[nH]1. The molecule has 4 N–H and O–H groups in total. The standard InChI is InChI=1S/C21H22ClN3O4S/c1-25(21(29)16(27)10-26)19-14-5-3-2-4-11(14)7-15(19)24-18(28)9-13-6-12-8-17(22)30-20(12)23-13/h2-6,8,15-16,19,23,26-27H,7,9-10H2,1H3,(H,24,28)/t15-,16?,19-/m1/s1. The largest absolute Gasteiger partial charge is 0.393 e. The van der Waals surface area contributed by atoms with Crippen molar-refractivity contribution in [1.29, 1.82) is 0 Å². The second-order valence-electron chi connectivity index (χ2n) is 7.48. The molecule has 0 saturated carbocycles. The Morgan fingerprint density at radius 1 is 1.37 bits per heavy atom. The van der Waals surface area contributed by atoms with E-state index >= 15 is 0 Å². The number of aromatic amines is 1. The second-order valence-corrected chi connectivity index (χ2v) is 9.16. The van der Waals surface area contributed by atoms with Crippen LogP contribution in [0.25, 0.3) is 10.2 Å². The van der Waals surface area contributed by atoms with Crippen LogP contribution in [0.15, 0.2) is 36.4 Å². The number of thiophene rings is 1. The average molecular weight is 448 g/mol. The van der Waals surface area contributed by atoms with Gasteiger partial charge in [-0.2, -0.15) is 0 Å². The lowest BCUT2D eigenvalue weighted by molar-refractivity contribution is -0.144. The minimum atomic E-state index is -1.49. The first-order valence-electron chi connectivity index (χ1n) is 9.57. The summed E-state index contributed by atoms with van der Waals surface area (Å²) >= 11 is 7.42. The van der Waals surface area contributed by atoms with E-state index in [0.717, 1.165) is 27.0 Å². The van der Waals surface area contributed by atoms with E-state index in [9.17, 15) is 14.7 Å². The van der Waals surface area contributed by atoms with Gasteiger partial charge in [-0.15, -0.1) is 11.3 Å². The van der Waals surface area contributed by atoms with Gasteiger partial charge >= 0.3 is 0 Å². The smallest absolute Gasteiger partial charge is 0.254 e. The van der Waals surface area contributed by atoms with Gasteiger partial charge in [0.15, 0.2) is 6.10 Å². The number of carbonyl (C=O) groups is 2. The predicted molar refractivity (Wildman–Crippen MR) is 116 cm³/mol. The molecule has 3 atom stereocenters. The van der Waals surface area contributed by atoms with Crippen LogP contribution in [0, 0.1) is 0 Å². The van der Waals surface area contributed by atoms with Crippen molar-refractivity contribution in [2.75, 3.05) is 13.7 Å². The summed E-state index contributed by atoms with van der Waals surface area (Å²) in [5.74, 6) is -0.749. The molecule has 0 radical (unpaired) electrons. The van der Waals surface area contributed by atoms with Crippen LogP contribution in [-0.4, -0.2) is 57.7 Å². The zero-order valence-electron chi connectivity index (χ0n) is 16.3. The number of carbonyl (C=O) groups excluding carboxylic acids is 2. The van der Waals surface area contributed by atoms with Crippen molar-refractivity contribution in [2.45, 2.75) is 31.0 Å². The highest BCUT2D eigenvalue weighted by atomic mass is 35.5. The van der Waals surface area contributed by atoms with Gasteiger partial charge in [0.05, 0.1) is 29.4 Å². The molecule has 4 rings (SSSR count). The molecule has 0 fully saturated rings. The number of likely N-dealkylation sites (N-methyl/N-ethyl adjacent to an activating group) is 1. The molecule has 2 aromatic heterocycles. The summed E-state index contributed by atoms with van der Waals surface area (Å²) in [6.07, 6.45) is -0.734. The van der Waals surface area contributed by atoms with Crippen molar-refractivity contribution in [3.8, 4) is 0 Å². The van der Waals surface area contributed by atoms with Crippen molar-refractivity contribution in [3.63, 3.8) is 0 Å². The van der Waals surface area contributed by atoms with E-state index in [1.165, 1.54) is 16.2 Å². The average Bonchev–Trinajstić information content (AvgIpc) is 3.36. The van der Waals surface area contributed by atoms with Gasteiger partial charge in [-0.25, -0.2) is 0 Å². The van der Waals surface area contributed by atoms with Crippen LogP contribution in [0.1, 0.15) is 22.9 Å². The number of aromatic nitrogens is 1. The normalized spacial score (nSPS) is 18.9. The summed E-state index contributed by atoms with van der Waals surface area (Å²) in [5, 5.41) is 23.0. The highest BCUT2D eigenvalue weighted by Gasteiger charge is 2.39. The molecule has 1 aliphatic rings. The van der Waals surface area contributed by atoms with E-state index in [0.29, 0.717) is 10.8 Å². The van der Waals surface area contributed by atoms with E-state index < -0.39 is 24.7 Å². The Morgan fingerprint density at radius 2 is 2.13 bits per heavy atom. The minimum Gasteiger partial charge on any atom is -0.393 e. The Labute approximate surface area is 182 Å². The molecule has 0 aliphatic heterocycles. The third kappa shape index (κ3) is 3.96. The lowest BCUT2D eigenvalue weighted by Crippen LogP contribution is -2.48. The van der Waals surface area contributed by atoms with Crippen LogP contribution in [-0.2, 0) is 22.4 Å². The number of nitrogens with one attached hydrogen (secondary N) is 2. The van der Waals surface area contributed by atoms with Gasteiger partial charge in [-0.1, -0.05) is 35.9 Å². The maximum absolute atomic E-state index is 12.8. The first-order valence-corrected chi connectivity index (χ1v) is 10.8. The molecule has 158 valence electrons. The Kier molecular flexibility index (Phi) is 5.84. The van der Waals surface area contributed by atoms with Crippen molar-refractivity contribution in [1.82, 2.24) is 15.2 Å². The maximum atomic E-state index is 12.8. The minimum absolute atomic E-state index is 0.165. The van der Waals surface area contributed by atoms with Crippen molar-refractivity contribution >= 4 is 45.0 Å². The number of benzene rings is 1. The first-order chi connectivity index (χ1) is 14.4. The van der Waals surface area contributed by atoms with Gasteiger partial charge in [0, 0.05) is 18.1 Å². The van der Waals surface area contributed by atoms with Gasteiger partial charge in [0.1, 0.15) is 4.83 Å². The molecule has 1 unspecified atom stereocenters. The zero-order valence-corrected chi connectivity index (χ0v) is 17.8. The Morgan fingerprint density at radius 3 is 2.87 bits per heavy atom. The fourth-order valence-corrected chi connectivity index (χ4v) is 5.25. The molecule has 0 saturated heterocycles. The zero-order chi connectivity index (χ0) is 21.4. The number of amides is 2. The van der Waals surface area contributed by atoms with Crippen molar-refractivity contribution in [3.05, 3.63) is 57.6 Å². The molecular weight excluding hydrogens is 426 g/mol. The number of halogens is 1. The van der Waals surface area contributed by atoms with Gasteiger partial charge in [0.25, 0.3) is 5.91 Å². The van der Waals surface area contributed by atoms with Crippen LogP contribution in [0.4, 0.5) is 0 Å². The highest BCUT2D eigenvalue weighted by Crippen LogP contribution is 2.36. The molecule has 3 aromatic rings. The quantitative estimate of drug-likeness (QED) is 0.464. The van der Waals surface area contributed by atoms with Gasteiger partial charge in [-0.3, -0.25) is 9.59 Å². The van der Waals surface area contributed by atoms with E-state index in [1.807, 2.05) is 36.4 Å². The number of rotatable bonds is 6. The number of aliphatic hydroxyl groups is 2. The Hall–Kier alpha value is -2.39. The number of H-pyrrole nitrogens is 1. The fraction of sp³-hybridized carbons (Fsp3) is 0.333. The van der Waals surface area contributed by atoms with Crippen LogP contribution in [0.2, 0.25) is 4.34 Å². The van der Waals surface area contributed by atoms with Crippen LogP contribution in [0.3, 0.4) is 0 Å². The molecule has 0 spiro atoms. The van der Waals surface area contributed by atoms with Crippen LogP contribution < -0.4 is 5.32 Å². The molecular formula is C21H22ClN3O4S. The molecule has 0 bridgehead atoms. The predicted octanol–water partition coefficient (Wildman–Crippen LogP) is 2.02. The molecule has 7 nitrogen and oxygen atoms in total. The summed E-state index contributed by atoms with van der Waals surface area (Å²) in [7, 11) is 1.58. The van der Waals surface area contributed by atoms with Crippen molar-refractivity contribution < 1.29 is 19.8 Å². The summed E-state index contributed by atoms with van der Waals surface area (Å²) in [6.45, 7) is -0.650. The lowest BCUT2D eigenvalue weighted by atomic mass is 10.0. The molecule has 1 aromatic carbocycles. The number of hydrogen-bond acceptors (Lipinski definition) is 5. The summed E-state index contributed by atoms with van der Waals surface area (Å²) in [6, 6.07) is 10.7. The fourth-order valence-electron chi connectivity index (χ4n) is 4.11.